The molecule has 0 radical (unpaired) electrons. The molecule has 2 aromatic rings. The van der Waals surface area contributed by atoms with Gasteiger partial charge in [0.25, 0.3) is 5.91 Å². The van der Waals surface area contributed by atoms with Crippen molar-refractivity contribution >= 4 is 11.7 Å². The monoisotopic (exact) mass is 312 g/mol. The topological polar surface area (TPSA) is 62.4 Å². The quantitative estimate of drug-likeness (QED) is 0.881. The van der Waals surface area contributed by atoms with Crippen molar-refractivity contribution in [2.24, 2.45) is 0 Å². The summed E-state index contributed by atoms with van der Waals surface area (Å²) in [6.07, 6.45) is 1.95. The Bertz CT molecular complexity index is 715. The van der Waals surface area contributed by atoms with Crippen LogP contribution in [0.3, 0.4) is 0 Å². The van der Waals surface area contributed by atoms with Gasteiger partial charge in [-0.3, -0.25) is 9.59 Å². The molecule has 23 heavy (non-hydrogen) atoms. The molecule has 1 aromatic heterocycles. The fraction of sp³-hybridized carbons (Fsp3) is 0.333. The van der Waals surface area contributed by atoms with Gasteiger partial charge in [0.05, 0.1) is 13.2 Å². The number of carbonyl (C=O) groups excluding carboxylic acids is 2. The molecule has 1 N–H and O–H groups in total. The molecule has 1 fully saturated rings. The van der Waals surface area contributed by atoms with Gasteiger partial charge >= 0.3 is 0 Å². The van der Waals surface area contributed by atoms with Gasteiger partial charge in [0.2, 0.25) is 0 Å². The number of H-pyrrole nitrogens is 1. The minimum Gasteiger partial charge on any atom is -0.378 e. The molecular formula is C18H20N2O3. The van der Waals surface area contributed by atoms with E-state index in [1.54, 1.807) is 17.2 Å². The second kappa shape index (κ2) is 6.79. The largest absolute Gasteiger partial charge is 0.378 e. The van der Waals surface area contributed by atoms with E-state index in [4.69, 9.17) is 4.74 Å². The maximum atomic E-state index is 12.4. The van der Waals surface area contributed by atoms with Crippen LogP contribution in [0.2, 0.25) is 0 Å². The molecule has 0 spiro atoms. The summed E-state index contributed by atoms with van der Waals surface area (Å²) in [5.41, 5.74) is 3.12. The normalized spacial score (nSPS) is 14.7. The Morgan fingerprint density at radius 3 is 2.74 bits per heavy atom. The standard InChI is InChI=1S/C18H20N2O3/c1-13-3-2-4-14(9-13)10-17(21)15-11-16(19-12-15)18(22)20-5-7-23-8-6-20/h2-4,9,11-12,19H,5-8,10H2,1H3. The van der Waals surface area contributed by atoms with Crippen molar-refractivity contribution in [3.8, 4) is 0 Å². The number of aryl methyl sites for hydroxylation is 1. The second-order valence-electron chi connectivity index (χ2n) is 5.80. The molecule has 1 aliphatic heterocycles. The van der Waals surface area contributed by atoms with E-state index in [9.17, 15) is 9.59 Å². The Kier molecular flexibility index (Phi) is 4.57. The second-order valence-corrected chi connectivity index (χ2v) is 5.80. The number of hydrogen-bond acceptors (Lipinski definition) is 3. The number of ketones is 1. The zero-order chi connectivity index (χ0) is 16.2. The fourth-order valence-electron chi connectivity index (χ4n) is 2.73. The van der Waals surface area contributed by atoms with Gasteiger partial charge in [-0.05, 0) is 18.6 Å². The van der Waals surface area contributed by atoms with Crippen LogP contribution >= 0.6 is 0 Å². The molecule has 0 aliphatic carbocycles. The van der Waals surface area contributed by atoms with E-state index in [-0.39, 0.29) is 11.7 Å². The van der Waals surface area contributed by atoms with Gasteiger partial charge in [0.15, 0.2) is 5.78 Å². The number of carbonyl (C=O) groups is 2. The number of aromatic amines is 1. The Labute approximate surface area is 135 Å². The highest BCUT2D eigenvalue weighted by molar-refractivity contribution is 6.01. The van der Waals surface area contributed by atoms with Gasteiger partial charge in [-0.25, -0.2) is 0 Å². The van der Waals surface area contributed by atoms with Gasteiger partial charge in [0.1, 0.15) is 5.69 Å². The number of benzene rings is 1. The van der Waals surface area contributed by atoms with Crippen LogP contribution in [0.1, 0.15) is 32.0 Å². The Hall–Kier alpha value is -2.40. The number of hydrogen-bond donors (Lipinski definition) is 1. The smallest absolute Gasteiger partial charge is 0.270 e. The summed E-state index contributed by atoms with van der Waals surface area (Å²) in [5.74, 6) is -0.0733. The van der Waals surface area contributed by atoms with E-state index in [1.165, 1.54) is 0 Å². The van der Waals surface area contributed by atoms with E-state index >= 15 is 0 Å². The molecule has 120 valence electrons. The van der Waals surface area contributed by atoms with Crippen LogP contribution in [0, 0.1) is 6.92 Å². The first-order valence-corrected chi connectivity index (χ1v) is 7.77. The molecule has 3 rings (SSSR count). The molecule has 0 atom stereocenters. The zero-order valence-electron chi connectivity index (χ0n) is 13.2. The molecule has 5 heteroatoms. The number of ether oxygens (including phenoxy) is 1. The van der Waals surface area contributed by atoms with Crippen LogP contribution in [-0.2, 0) is 11.2 Å². The van der Waals surface area contributed by atoms with Crippen molar-refractivity contribution < 1.29 is 14.3 Å². The number of amides is 1. The predicted octanol–water partition coefficient (Wildman–Crippen LogP) is 2.22. The zero-order valence-corrected chi connectivity index (χ0v) is 13.2. The Morgan fingerprint density at radius 2 is 2.00 bits per heavy atom. The van der Waals surface area contributed by atoms with Gasteiger partial charge in [-0.2, -0.15) is 0 Å². The lowest BCUT2D eigenvalue weighted by molar-refractivity contribution is 0.0299. The predicted molar refractivity (Wildman–Crippen MR) is 86.7 cm³/mol. The third kappa shape index (κ3) is 3.68. The highest BCUT2D eigenvalue weighted by Crippen LogP contribution is 2.13. The van der Waals surface area contributed by atoms with Crippen molar-refractivity contribution in [3.63, 3.8) is 0 Å². The molecule has 1 saturated heterocycles. The molecule has 1 aromatic carbocycles. The average Bonchev–Trinajstić information content (AvgIpc) is 3.05. The number of morpholine rings is 1. The summed E-state index contributed by atoms with van der Waals surface area (Å²) in [4.78, 5) is 29.4. The van der Waals surface area contributed by atoms with E-state index in [0.29, 0.717) is 44.0 Å². The maximum absolute atomic E-state index is 12.4. The molecule has 0 bridgehead atoms. The molecular weight excluding hydrogens is 292 g/mol. The van der Waals surface area contributed by atoms with Crippen LogP contribution in [-0.4, -0.2) is 47.9 Å². The molecule has 1 aliphatic rings. The van der Waals surface area contributed by atoms with Crippen LogP contribution in [0.25, 0.3) is 0 Å². The van der Waals surface area contributed by atoms with Gasteiger partial charge in [-0.15, -0.1) is 0 Å². The van der Waals surface area contributed by atoms with E-state index < -0.39 is 0 Å². The number of nitrogens with zero attached hydrogens (tertiary/aromatic N) is 1. The van der Waals surface area contributed by atoms with Gasteiger partial charge in [0, 0.05) is 31.3 Å². The third-order valence-corrected chi connectivity index (χ3v) is 3.98. The first kappa shape index (κ1) is 15.5. The molecule has 0 unspecified atom stereocenters. The van der Waals surface area contributed by atoms with E-state index in [2.05, 4.69) is 4.98 Å². The Morgan fingerprint density at radius 1 is 1.22 bits per heavy atom. The SMILES string of the molecule is Cc1cccc(CC(=O)c2c[nH]c(C(=O)N3CCOCC3)c2)c1. The summed E-state index contributed by atoms with van der Waals surface area (Å²) in [7, 11) is 0. The summed E-state index contributed by atoms with van der Waals surface area (Å²) in [5, 5.41) is 0. The van der Waals surface area contributed by atoms with Crippen molar-refractivity contribution in [2.75, 3.05) is 26.3 Å². The highest BCUT2D eigenvalue weighted by Gasteiger charge is 2.21. The van der Waals surface area contributed by atoms with Crippen molar-refractivity contribution in [2.45, 2.75) is 13.3 Å². The van der Waals surface area contributed by atoms with Crippen LogP contribution < -0.4 is 0 Å². The summed E-state index contributed by atoms with van der Waals surface area (Å²) < 4.78 is 5.25. The number of rotatable bonds is 4. The first-order chi connectivity index (χ1) is 11.1. The minimum atomic E-state index is -0.0806. The first-order valence-electron chi connectivity index (χ1n) is 7.77. The highest BCUT2D eigenvalue weighted by atomic mass is 16.5. The van der Waals surface area contributed by atoms with Crippen LogP contribution in [0.4, 0.5) is 0 Å². The van der Waals surface area contributed by atoms with Crippen molar-refractivity contribution in [3.05, 3.63) is 58.9 Å². The molecule has 0 saturated carbocycles. The maximum Gasteiger partial charge on any atom is 0.270 e. The van der Waals surface area contributed by atoms with Gasteiger partial charge in [-0.1, -0.05) is 29.8 Å². The number of aromatic nitrogens is 1. The van der Waals surface area contributed by atoms with Gasteiger partial charge < -0.3 is 14.6 Å². The summed E-state index contributed by atoms with van der Waals surface area (Å²) in [6, 6.07) is 9.55. The van der Waals surface area contributed by atoms with Crippen molar-refractivity contribution in [1.82, 2.24) is 9.88 Å². The van der Waals surface area contributed by atoms with E-state index in [0.717, 1.165) is 11.1 Å². The number of Topliss-reactive ketones (excluding diaryl/α,β-unsaturated/α-hetero) is 1. The summed E-state index contributed by atoms with van der Waals surface area (Å²) in [6.45, 7) is 4.30. The lowest BCUT2D eigenvalue weighted by Crippen LogP contribution is -2.40. The van der Waals surface area contributed by atoms with Crippen LogP contribution in [0.15, 0.2) is 36.5 Å². The minimum absolute atomic E-state index is 0.00729. The molecule has 5 nitrogen and oxygen atoms in total. The van der Waals surface area contributed by atoms with Crippen molar-refractivity contribution in [1.29, 1.82) is 0 Å². The average molecular weight is 312 g/mol. The Balaban J connectivity index is 1.68. The third-order valence-electron chi connectivity index (χ3n) is 3.98. The molecule has 2 heterocycles. The van der Waals surface area contributed by atoms with E-state index in [1.807, 2.05) is 31.2 Å². The van der Waals surface area contributed by atoms with Crippen LogP contribution in [0.5, 0.6) is 0 Å². The lowest BCUT2D eigenvalue weighted by atomic mass is 10.0. The fourth-order valence-corrected chi connectivity index (χ4v) is 2.73. The lowest BCUT2D eigenvalue weighted by Gasteiger charge is -2.26. The molecule has 1 amide bonds. The number of nitrogens with one attached hydrogen (secondary N) is 1. The summed E-state index contributed by atoms with van der Waals surface area (Å²) >= 11 is 0.